The number of nitro groups is 1. The fourth-order valence-electron chi connectivity index (χ4n) is 2.09. The topological polar surface area (TPSA) is 93.4 Å². The molecular weight excluding hydrogens is 318 g/mol. The maximum Gasteiger partial charge on any atom is 0.289 e. The number of aromatic nitrogens is 1. The van der Waals surface area contributed by atoms with E-state index in [9.17, 15) is 18.5 Å². The van der Waals surface area contributed by atoms with Crippen molar-refractivity contribution < 1.29 is 13.3 Å². The minimum absolute atomic E-state index is 0.185. The van der Waals surface area contributed by atoms with Crippen molar-refractivity contribution in [2.45, 2.75) is 18.2 Å². The minimum atomic E-state index is -3.94. The van der Waals surface area contributed by atoms with E-state index in [1.165, 1.54) is 19.2 Å². The third-order valence-corrected chi connectivity index (χ3v) is 5.31. The molecule has 0 atom stereocenters. The van der Waals surface area contributed by atoms with Crippen LogP contribution in [0.5, 0.6) is 0 Å². The van der Waals surface area contributed by atoms with E-state index in [1.54, 1.807) is 31.3 Å². The second-order valence-corrected chi connectivity index (χ2v) is 7.14. The molecule has 0 radical (unpaired) electrons. The molecule has 1 aromatic carbocycles. The molecule has 0 fully saturated rings. The Morgan fingerprint density at radius 1 is 1.26 bits per heavy atom. The van der Waals surface area contributed by atoms with Crippen molar-refractivity contribution >= 4 is 15.7 Å². The van der Waals surface area contributed by atoms with Gasteiger partial charge in [-0.25, -0.2) is 12.7 Å². The van der Waals surface area contributed by atoms with Crippen LogP contribution in [0.3, 0.4) is 0 Å². The van der Waals surface area contributed by atoms with E-state index in [0.717, 1.165) is 10.00 Å². The van der Waals surface area contributed by atoms with Crippen molar-refractivity contribution in [3.05, 3.63) is 64.0 Å². The Hall–Kier alpha value is -2.32. The summed E-state index contributed by atoms with van der Waals surface area (Å²) in [4.78, 5) is 14.3. The summed E-state index contributed by atoms with van der Waals surface area (Å²) in [5, 5.41) is 11.1. The van der Waals surface area contributed by atoms with Gasteiger partial charge in [-0.1, -0.05) is 12.1 Å². The molecule has 0 aliphatic carbocycles. The molecule has 0 amide bonds. The largest absolute Gasteiger partial charge is 0.289 e. The van der Waals surface area contributed by atoms with Crippen LogP contribution in [0.15, 0.2) is 47.5 Å². The van der Waals surface area contributed by atoms with Gasteiger partial charge < -0.3 is 0 Å². The van der Waals surface area contributed by atoms with Gasteiger partial charge in [0, 0.05) is 38.0 Å². The summed E-state index contributed by atoms with van der Waals surface area (Å²) < 4.78 is 26.3. The third-order valence-electron chi connectivity index (χ3n) is 3.41. The van der Waals surface area contributed by atoms with Crippen LogP contribution in [0.1, 0.15) is 11.3 Å². The van der Waals surface area contributed by atoms with E-state index in [2.05, 4.69) is 4.98 Å². The summed E-state index contributed by atoms with van der Waals surface area (Å²) in [7, 11) is -2.53. The summed E-state index contributed by atoms with van der Waals surface area (Å²) in [5.74, 6) is 0. The Balaban J connectivity index is 2.26. The molecule has 0 saturated heterocycles. The summed E-state index contributed by atoms with van der Waals surface area (Å²) in [5.41, 5.74) is 0.981. The van der Waals surface area contributed by atoms with E-state index in [0.29, 0.717) is 12.0 Å². The lowest BCUT2D eigenvalue weighted by Crippen LogP contribution is -2.29. The maximum atomic E-state index is 12.6. The molecule has 122 valence electrons. The average molecular weight is 335 g/mol. The van der Waals surface area contributed by atoms with Gasteiger partial charge in [0.25, 0.3) is 5.69 Å². The van der Waals surface area contributed by atoms with Crippen molar-refractivity contribution in [2.24, 2.45) is 0 Å². The number of pyridine rings is 1. The monoisotopic (exact) mass is 335 g/mol. The first-order chi connectivity index (χ1) is 10.8. The Morgan fingerprint density at radius 2 is 2.00 bits per heavy atom. The number of sulfonamides is 1. The Bertz CT molecular complexity index is 807. The number of rotatable bonds is 6. The molecule has 0 aliphatic heterocycles. The number of nitrogens with zero attached hydrogens (tertiary/aromatic N) is 3. The van der Waals surface area contributed by atoms with E-state index < -0.39 is 20.6 Å². The van der Waals surface area contributed by atoms with Gasteiger partial charge >= 0.3 is 0 Å². The highest BCUT2D eigenvalue weighted by atomic mass is 32.2. The molecule has 23 heavy (non-hydrogen) atoms. The first-order valence-corrected chi connectivity index (χ1v) is 8.37. The van der Waals surface area contributed by atoms with Crippen LogP contribution in [0.2, 0.25) is 0 Å². The highest BCUT2D eigenvalue weighted by Gasteiger charge is 2.29. The third kappa shape index (κ3) is 3.91. The molecule has 2 aromatic rings. The summed E-state index contributed by atoms with van der Waals surface area (Å²) in [6.45, 7) is 1.86. The lowest BCUT2D eigenvalue weighted by molar-refractivity contribution is -0.387. The van der Waals surface area contributed by atoms with Gasteiger partial charge in [-0.3, -0.25) is 15.1 Å². The van der Waals surface area contributed by atoms with Crippen molar-refractivity contribution in [3.63, 3.8) is 0 Å². The molecule has 0 saturated carbocycles. The summed E-state index contributed by atoms with van der Waals surface area (Å²) in [6.07, 6.45) is 2.06. The SMILES string of the molecule is Cc1ccc(S(=O)(=O)N(C)CCc2ccccn2)c([N+](=O)[O-])c1. The van der Waals surface area contributed by atoms with Gasteiger partial charge in [-0.05, 0) is 30.7 Å². The van der Waals surface area contributed by atoms with Gasteiger partial charge in [-0.2, -0.15) is 0 Å². The van der Waals surface area contributed by atoms with Crippen molar-refractivity contribution in [3.8, 4) is 0 Å². The van der Waals surface area contributed by atoms with Crippen LogP contribution in [-0.4, -0.2) is 36.2 Å². The number of aryl methyl sites for hydroxylation is 1. The van der Waals surface area contributed by atoms with Gasteiger partial charge in [0.1, 0.15) is 0 Å². The van der Waals surface area contributed by atoms with E-state index >= 15 is 0 Å². The number of likely N-dealkylation sites (N-methyl/N-ethyl adjacent to an activating group) is 1. The Labute approximate surface area is 134 Å². The van der Waals surface area contributed by atoms with E-state index in [-0.39, 0.29) is 11.4 Å². The van der Waals surface area contributed by atoms with Crippen LogP contribution in [-0.2, 0) is 16.4 Å². The smallest absolute Gasteiger partial charge is 0.261 e. The second kappa shape index (κ2) is 6.84. The predicted octanol–water partition coefficient (Wildman–Crippen LogP) is 2.16. The number of benzene rings is 1. The first-order valence-electron chi connectivity index (χ1n) is 6.93. The van der Waals surface area contributed by atoms with Crippen LogP contribution in [0.25, 0.3) is 0 Å². The minimum Gasteiger partial charge on any atom is -0.261 e. The maximum absolute atomic E-state index is 12.6. The van der Waals surface area contributed by atoms with Crippen LogP contribution >= 0.6 is 0 Å². The van der Waals surface area contributed by atoms with Crippen LogP contribution < -0.4 is 0 Å². The summed E-state index contributed by atoms with van der Waals surface area (Å²) >= 11 is 0. The van der Waals surface area contributed by atoms with Crippen LogP contribution in [0, 0.1) is 17.0 Å². The van der Waals surface area contributed by atoms with Crippen LogP contribution in [0.4, 0.5) is 5.69 Å². The molecule has 2 rings (SSSR count). The number of hydrogen-bond acceptors (Lipinski definition) is 5. The number of nitro benzene ring substituents is 1. The molecule has 0 spiro atoms. The zero-order chi connectivity index (χ0) is 17.0. The van der Waals surface area contributed by atoms with Gasteiger partial charge in [0.15, 0.2) is 4.90 Å². The van der Waals surface area contributed by atoms with Gasteiger partial charge in [0.2, 0.25) is 10.0 Å². The lowest BCUT2D eigenvalue weighted by atomic mass is 10.2. The zero-order valence-corrected chi connectivity index (χ0v) is 13.7. The first kappa shape index (κ1) is 17.0. The second-order valence-electron chi connectivity index (χ2n) is 5.13. The molecule has 1 heterocycles. The van der Waals surface area contributed by atoms with E-state index in [4.69, 9.17) is 0 Å². The van der Waals surface area contributed by atoms with Crippen molar-refractivity contribution in [2.75, 3.05) is 13.6 Å². The molecule has 7 nitrogen and oxygen atoms in total. The van der Waals surface area contributed by atoms with E-state index in [1.807, 2.05) is 6.07 Å². The Kier molecular flexibility index (Phi) is 5.07. The normalized spacial score (nSPS) is 11.6. The Morgan fingerprint density at radius 3 is 2.61 bits per heavy atom. The standard InChI is InChI=1S/C15H17N3O4S/c1-12-6-7-15(14(11-12)18(19)20)23(21,22)17(2)10-8-13-5-3-4-9-16-13/h3-7,9,11H,8,10H2,1-2H3. The quantitative estimate of drug-likeness (QED) is 0.595. The highest BCUT2D eigenvalue weighted by molar-refractivity contribution is 7.89. The van der Waals surface area contributed by atoms with Crippen molar-refractivity contribution in [1.29, 1.82) is 0 Å². The molecular formula is C15H17N3O4S. The van der Waals surface area contributed by atoms with Gasteiger partial charge in [-0.15, -0.1) is 0 Å². The average Bonchev–Trinajstić information content (AvgIpc) is 2.53. The molecule has 1 aromatic heterocycles. The molecule has 0 N–H and O–H groups in total. The molecule has 0 bridgehead atoms. The zero-order valence-electron chi connectivity index (χ0n) is 12.8. The number of hydrogen-bond donors (Lipinski definition) is 0. The summed E-state index contributed by atoms with van der Waals surface area (Å²) in [6, 6.07) is 9.49. The highest BCUT2D eigenvalue weighted by Crippen LogP contribution is 2.27. The molecule has 8 heteroatoms. The molecule has 0 aliphatic rings. The van der Waals surface area contributed by atoms with Crippen molar-refractivity contribution in [1.82, 2.24) is 9.29 Å². The predicted molar refractivity (Wildman–Crippen MR) is 85.6 cm³/mol. The molecule has 0 unspecified atom stereocenters. The van der Waals surface area contributed by atoms with Gasteiger partial charge in [0.05, 0.1) is 4.92 Å². The fraction of sp³-hybridized carbons (Fsp3) is 0.267. The fourth-order valence-corrected chi connectivity index (χ4v) is 3.40. The lowest BCUT2D eigenvalue weighted by Gasteiger charge is -2.17.